The fourth-order valence-corrected chi connectivity index (χ4v) is 6.18. The fraction of sp³-hybridized carbons (Fsp3) is 0.435. The SMILES string of the molecule is O=C(C1CCCN(S(=O)(=O)c2ccc(Cl)cc2)C1)N1CCC(c2ccccc2)CC1. The summed E-state index contributed by atoms with van der Waals surface area (Å²) in [7, 11) is -3.62. The maximum absolute atomic E-state index is 13.1. The van der Waals surface area contributed by atoms with E-state index in [1.54, 1.807) is 12.1 Å². The van der Waals surface area contributed by atoms with Crippen molar-refractivity contribution in [3.63, 3.8) is 0 Å². The number of sulfonamides is 1. The lowest BCUT2D eigenvalue weighted by Gasteiger charge is -2.37. The second kappa shape index (κ2) is 9.08. The zero-order valence-electron chi connectivity index (χ0n) is 16.9. The van der Waals surface area contributed by atoms with Crippen LogP contribution in [0.3, 0.4) is 0 Å². The molecule has 2 aliphatic rings. The number of piperidine rings is 2. The molecule has 160 valence electrons. The summed E-state index contributed by atoms with van der Waals surface area (Å²) < 4.78 is 27.5. The van der Waals surface area contributed by atoms with Crippen LogP contribution < -0.4 is 0 Å². The van der Waals surface area contributed by atoms with Gasteiger partial charge in [0.1, 0.15) is 0 Å². The van der Waals surface area contributed by atoms with Crippen LogP contribution in [0.4, 0.5) is 0 Å². The molecule has 1 unspecified atom stereocenters. The number of carbonyl (C=O) groups excluding carboxylic acids is 1. The number of rotatable bonds is 4. The van der Waals surface area contributed by atoms with Crippen LogP contribution in [0.15, 0.2) is 59.5 Å². The molecule has 1 amide bonds. The molecule has 2 heterocycles. The summed E-state index contributed by atoms with van der Waals surface area (Å²) >= 11 is 5.89. The molecule has 2 saturated heterocycles. The Hall–Kier alpha value is -1.89. The monoisotopic (exact) mass is 446 g/mol. The summed E-state index contributed by atoms with van der Waals surface area (Å²) in [4.78, 5) is 15.3. The van der Waals surface area contributed by atoms with E-state index < -0.39 is 10.0 Å². The summed E-state index contributed by atoms with van der Waals surface area (Å²) in [5, 5.41) is 0.500. The Labute approximate surface area is 183 Å². The second-order valence-corrected chi connectivity index (χ2v) is 10.5. The van der Waals surface area contributed by atoms with E-state index in [2.05, 4.69) is 24.3 Å². The molecule has 1 atom stereocenters. The molecular weight excluding hydrogens is 420 g/mol. The highest BCUT2D eigenvalue weighted by atomic mass is 35.5. The van der Waals surface area contributed by atoms with Crippen LogP contribution in [-0.4, -0.2) is 49.7 Å². The van der Waals surface area contributed by atoms with Crippen LogP contribution in [-0.2, 0) is 14.8 Å². The first-order valence-electron chi connectivity index (χ1n) is 10.5. The lowest BCUT2D eigenvalue weighted by Crippen LogP contribution is -2.48. The zero-order chi connectivity index (χ0) is 21.1. The maximum atomic E-state index is 13.1. The van der Waals surface area contributed by atoms with Crippen molar-refractivity contribution in [2.45, 2.75) is 36.5 Å². The number of carbonyl (C=O) groups is 1. The van der Waals surface area contributed by atoms with Gasteiger partial charge in [-0.1, -0.05) is 41.9 Å². The Morgan fingerprint density at radius 3 is 2.23 bits per heavy atom. The Bertz CT molecular complexity index is 971. The van der Waals surface area contributed by atoms with E-state index in [0.717, 1.165) is 32.4 Å². The van der Waals surface area contributed by atoms with E-state index in [4.69, 9.17) is 11.6 Å². The van der Waals surface area contributed by atoms with Gasteiger partial charge in [-0.25, -0.2) is 8.42 Å². The molecular formula is C23H27ClN2O3S. The molecule has 2 aliphatic heterocycles. The maximum Gasteiger partial charge on any atom is 0.243 e. The van der Waals surface area contributed by atoms with Gasteiger partial charge >= 0.3 is 0 Å². The number of halogens is 1. The zero-order valence-corrected chi connectivity index (χ0v) is 18.5. The van der Waals surface area contributed by atoms with Crippen molar-refractivity contribution in [1.29, 1.82) is 0 Å². The van der Waals surface area contributed by atoms with Gasteiger partial charge in [0.05, 0.1) is 10.8 Å². The summed E-state index contributed by atoms with van der Waals surface area (Å²) in [6.45, 7) is 2.17. The lowest BCUT2D eigenvalue weighted by atomic mass is 9.88. The van der Waals surface area contributed by atoms with Crippen LogP contribution in [0.25, 0.3) is 0 Å². The number of hydrogen-bond donors (Lipinski definition) is 0. The molecule has 0 radical (unpaired) electrons. The molecule has 4 rings (SSSR count). The van der Waals surface area contributed by atoms with Crippen molar-refractivity contribution in [3.8, 4) is 0 Å². The topological polar surface area (TPSA) is 57.7 Å². The number of amides is 1. The van der Waals surface area contributed by atoms with Crippen molar-refractivity contribution in [1.82, 2.24) is 9.21 Å². The molecule has 2 aromatic carbocycles. The molecule has 0 N–H and O–H groups in total. The number of benzene rings is 2. The van der Waals surface area contributed by atoms with Gasteiger partial charge in [0, 0.05) is 31.2 Å². The third-order valence-corrected chi connectivity index (χ3v) is 8.39. The largest absolute Gasteiger partial charge is 0.342 e. The van der Waals surface area contributed by atoms with Gasteiger partial charge in [-0.05, 0) is 61.4 Å². The highest BCUT2D eigenvalue weighted by Crippen LogP contribution is 2.30. The highest BCUT2D eigenvalue weighted by Gasteiger charge is 2.36. The second-order valence-electron chi connectivity index (χ2n) is 8.17. The Morgan fingerprint density at radius 2 is 1.57 bits per heavy atom. The third-order valence-electron chi connectivity index (χ3n) is 6.26. The van der Waals surface area contributed by atoms with Gasteiger partial charge in [-0.3, -0.25) is 4.79 Å². The van der Waals surface area contributed by atoms with E-state index in [1.165, 1.54) is 22.0 Å². The molecule has 0 aromatic heterocycles. The summed E-state index contributed by atoms with van der Waals surface area (Å²) in [5.41, 5.74) is 1.34. The minimum absolute atomic E-state index is 0.0949. The van der Waals surface area contributed by atoms with Gasteiger partial charge < -0.3 is 4.90 Å². The fourth-order valence-electron chi connectivity index (χ4n) is 4.53. The van der Waals surface area contributed by atoms with Crippen molar-refractivity contribution >= 4 is 27.5 Å². The quantitative estimate of drug-likeness (QED) is 0.708. The summed E-state index contributed by atoms with van der Waals surface area (Å²) in [5.74, 6) is 0.315. The van der Waals surface area contributed by atoms with Gasteiger partial charge in [0.15, 0.2) is 0 Å². The van der Waals surface area contributed by atoms with Crippen LogP contribution >= 0.6 is 11.6 Å². The first-order chi connectivity index (χ1) is 14.4. The number of nitrogens with zero attached hydrogens (tertiary/aromatic N) is 2. The Morgan fingerprint density at radius 1 is 0.900 bits per heavy atom. The average molecular weight is 447 g/mol. The van der Waals surface area contributed by atoms with Gasteiger partial charge in [-0.2, -0.15) is 4.31 Å². The minimum Gasteiger partial charge on any atom is -0.342 e. The molecule has 0 saturated carbocycles. The first-order valence-corrected chi connectivity index (χ1v) is 12.4. The molecule has 0 aliphatic carbocycles. The third kappa shape index (κ3) is 4.56. The molecule has 0 spiro atoms. The van der Waals surface area contributed by atoms with E-state index in [9.17, 15) is 13.2 Å². The Balaban J connectivity index is 1.39. The molecule has 5 nitrogen and oxygen atoms in total. The van der Waals surface area contributed by atoms with Crippen LogP contribution in [0.1, 0.15) is 37.2 Å². The van der Waals surface area contributed by atoms with E-state index in [-0.39, 0.29) is 23.3 Å². The molecule has 2 aromatic rings. The smallest absolute Gasteiger partial charge is 0.243 e. The minimum atomic E-state index is -3.62. The molecule has 2 fully saturated rings. The predicted molar refractivity (Wildman–Crippen MR) is 118 cm³/mol. The first kappa shape index (κ1) is 21.3. The van der Waals surface area contributed by atoms with E-state index in [1.807, 2.05) is 11.0 Å². The standard InChI is InChI=1S/C23H27ClN2O3S/c24-21-8-10-22(11-9-21)30(28,29)26-14-4-7-20(17-26)23(27)25-15-12-19(13-16-25)18-5-2-1-3-6-18/h1-3,5-6,8-11,19-20H,4,7,12-17H2. The van der Waals surface area contributed by atoms with Crippen molar-refractivity contribution in [2.75, 3.05) is 26.2 Å². The van der Waals surface area contributed by atoms with Gasteiger partial charge in [-0.15, -0.1) is 0 Å². The average Bonchev–Trinajstić information content (AvgIpc) is 2.80. The molecule has 30 heavy (non-hydrogen) atoms. The number of likely N-dealkylation sites (tertiary alicyclic amines) is 1. The van der Waals surface area contributed by atoms with Crippen molar-refractivity contribution in [3.05, 3.63) is 65.2 Å². The normalized spacial score (nSPS) is 21.5. The Kier molecular flexibility index (Phi) is 6.46. The molecule has 7 heteroatoms. The van der Waals surface area contributed by atoms with Crippen LogP contribution in [0, 0.1) is 5.92 Å². The van der Waals surface area contributed by atoms with E-state index >= 15 is 0 Å². The van der Waals surface area contributed by atoms with Crippen molar-refractivity contribution in [2.24, 2.45) is 5.92 Å². The van der Waals surface area contributed by atoms with E-state index in [0.29, 0.717) is 23.9 Å². The van der Waals surface area contributed by atoms with Crippen LogP contribution in [0.5, 0.6) is 0 Å². The highest BCUT2D eigenvalue weighted by molar-refractivity contribution is 7.89. The van der Waals surface area contributed by atoms with Crippen molar-refractivity contribution < 1.29 is 13.2 Å². The van der Waals surface area contributed by atoms with Gasteiger partial charge in [0.25, 0.3) is 0 Å². The molecule has 0 bridgehead atoms. The summed E-state index contributed by atoms with van der Waals surface area (Å²) in [6.07, 6.45) is 3.35. The predicted octanol–water partition coefficient (Wildman–Crippen LogP) is 4.15. The lowest BCUT2D eigenvalue weighted by molar-refractivity contribution is -0.137. The number of hydrogen-bond acceptors (Lipinski definition) is 3. The van der Waals surface area contributed by atoms with Gasteiger partial charge in [0.2, 0.25) is 15.9 Å². The summed E-state index contributed by atoms with van der Waals surface area (Å²) in [6, 6.07) is 16.7. The van der Waals surface area contributed by atoms with Crippen LogP contribution in [0.2, 0.25) is 5.02 Å².